The second-order valence-electron chi connectivity index (χ2n) is 9.84. The third-order valence-corrected chi connectivity index (χ3v) is 11.8. The number of hydrogen-bond donors (Lipinski definition) is 0. The Bertz CT molecular complexity index is 815. The van der Waals surface area contributed by atoms with Crippen molar-refractivity contribution < 1.29 is 22.4 Å². The summed E-state index contributed by atoms with van der Waals surface area (Å²) in [6.07, 6.45) is -0.297. The molecule has 7 heteroatoms. The average molecular weight is 441 g/mol. The van der Waals surface area contributed by atoms with Gasteiger partial charge in [-0.3, -0.25) is 4.79 Å². The van der Waals surface area contributed by atoms with Gasteiger partial charge in [-0.15, -0.1) is 0 Å². The second kappa shape index (κ2) is 9.14. The minimum atomic E-state index is -3.82. The van der Waals surface area contributed by atoms with E-state index in [9.17, 15) is 13.2 Å². The van der Waals surface area contributed by atoms with E-state index in [1.165, 1.54) is 12.1 Å². The van der Waals surface area contributed by atoms with Crippen LogP contribution in [0.3, 0.4) is 0 Å². The van der Waals surface area contributed by atoms with E-state index in [0.29, 0.717) is 5.57 Å². The van der Waals surface area contributed by atoms with Gasteiger partial charge in [0.1, 0.15) is 5.60 Å². The highest BCUT2D eigenvalue weighted by atomic mass is 32.2. The summed E-state index contributed by atoms with van der Waals surface area (Å²) in [7, 11) is -5.92. The van der Waals surface area contributed by atoms with Crippen LogP contribution in [0.25, 0.3) is 0 Å². The third kappa shape index (κ3) is 7.39. The van der Waals surface area contributed by atoms with Gasteiger partial charge in [0.05, 0.1) is 23.2 Å². The molecule has 164 valence electrons. The van der Waals surface area contributed by atoms with Crippen molar-refractivity contribution >= 4 is 24.1 Å². The summed E-state index contributed by atoms with van der Waals surface area (Å²) in [5.74, 6) is -0.574. The molecule has 0 fully saturated rings. The Balaban J connectivity index is 3.17. The maximum absolute atomic E-state index is 13.3. The van der Waals surface area contributed by atoms with Crippen LogP contribution < -0.4 is 0 Å². The first-order valence-electron chi connectivity index (χ1n) is 9.80. The van der Waals surface area contributed by atoms with E-state index in [1.54, 1.807) is 39.0 Å². The van der Waals surface area contributed by atoms with Crippen LogP contribution in [0.5, 0.6) is 0 Å². The van der Waals surface area contributed by atoms with Crippen molar-refractivity contribution in [2.75, 3.05) is 6.61 Å². The van der Waals surface area contributed by atoms with Crippen LogP contribution in [-0.2, 0) is 23.8 Å². The normalized spacial score (nSPS) is 14.3. The van der Waals surface area contributed by atoms with Crippen LogP contribution in [0.1, 0.15) is 48.0 Å². The number of sulfone groups is 1. The Morgan fingerprint density at radius 2 is 1.59 bits per heavy atom. The minimum Gasteiger partial charge on any atom is -0.460 e. The van der Waals surface area contributed by atoms with Gasteiger partial charge in [-0.25, -0.2) is 8.42 Å². The Hall–Kier alpha value is -1.44. The van der Waals surface area contributed by atoms with Gasteiger partial charge < -0.3 is 9.16 Å². The zero-order valence-electron chi connectivity index (χ0n) is 19.0. The number of rotatable bonds is 8. The predicted molar refractivity (Wildman–Crippen MR) is 120 cm³/mol. The molecule has 1 rings (SSSR count). The molecule has 0 heterocycles. The first-order valence-corrected chi connectivity index (χ1v) is 14.3. The van der Waals surface area contributed by atoms with E-state index >= 15 is 0 Å². The number of carbonyl (C=O) groups is 1. The molecule has 0 saturated carbocycles. The number of carbonyl (C=O) groups excluding carboxylic acids is 1. The summed E-state index contributed by atoms with van der Waals surface area (Å²) in [6, 6.07) is 8.12. The van der Waals surface area contributed by atoms with E-state index in [0.717, 1.165) is 0 Å². The first-order chi connectivity index (χ1) is 13.0. The zero-order valence-corrected chi connectivity index (χ0v) is 20.9. The number of ether oxygens (including phenoxy) is 1. The lowest BCUT2D eigenvalue weighted by molar-refractivity contribution is -0.154. The number of esters is 1. The van der Waals surface area contributed by atoms with Gasteiger partial charge in [0.2, 0.25) is 0 Å². The molecule has 1 aromatic rings. The van der Waals surface area contributed by atoms with Crippen molar-refractivity contribution in [3.63, 3.8) is 0 Å². The van der Waals surface area contributed by atoms with Gasteiger partial charge >= 0.3 is 5.97 Å². The highest BCUT2D eigenvalue weighted by Crippen LogP contribution is 2.37. The van der Waals surface area contributed by atoms with E-state index in [2.05, 4.69) is 40.4 Å². The topological polar surface area (TPSA) is 69.7 Å². The first kappa shape index (κ1) is 25.6. The quantitative estimate of drug-likeness (QED) is 0.318. The number of benzene rings is 1. The Kier molecular flexibility index (Phi) is 8.07. The molecule has 0 aliphatic carbocycles. The smallest absolute Gasteiger partial charge is 0.307 e. The van der Waals surface area contributed by atoms with Crippen LogP contribution in [0, 0.1) is 0 Å². The molecule has 1 unspecified atom stereocenters. The van der Waals surface area contributed by atoms with Crippen LogP contribution in [0.15, 0.2) is 47.4 Å². The van der Waals surface area contributed by atoms with Crippen molar-refractivity contribution in [2.24, 2.45) is 0 Å². The number of hydrogen-bond acceptors (Lipinski definition) is 5. The van der Waals surface area contributed by atoms with Gasteiger partial charge in [-0.1, -0.05) is 45.5 Å². The maximum Gasteiger partial charge on any atom is 0.307 e. The molecule has 1 aromatic carbocycles. The molecule has 1 atom stereocenters. The van der Waals surface area contributed by atoms with Gasteiger partial charge in [-0.05, 0) is 56.6 Å². The fraction of sp³-hybridized carbons (Fsp3) is 0.591. The summed E-state index contributed by atoms with van der Waals surface area (Å²) in [5.41, 5.74) is -0.332. The molecular formula is C22H36O5SSi. The van der Waals surface area contributed by atoms with Crippen molar-refractivity contribution in [1.82, 2.24) is 0 Å². The molecule has 0 aromatic heterocycles. The summed E-state index contributed by atoms with van der Waals surface area (Å²) in [4.78, 5) is 12.6. The summed E-state index contributed by atoms with van der Waals surface area (Å²) < 4.78 is 38.1. The molecule has 29 heavy (non-hydrogen) atoms. The summed E-state index contributed by atoms with van der Waals surface area (Å²) in [6.45, 7) is 19.9. The molecule has 0 aliphatic rings. The lowest BCUT2D eigenvalue weighted by atomic mass is 10.1. The monoisotopic (exact) mass is 440 g/mol. The summed E-state index contributed by atoms with van der Waals surface area (Å²) in [5, 5.41) is -1.13. The second-order valence-corrected chi connectivity index (χ2v) is 16.8. The van der Waals surface area contributed by atoms with Crippen molar-refractivity contribution in [2.45, 2.75) is 81.8 Å². The molecular weight excluding hydrogens is 404 g/mol. The molecule has 5 nitrogen and oxygen atoms in total. The van der Waals surface area contributed by atoms with Crippen LogP contribution in [-0.4, -0.2) is 40.2 Å². The molecule has 0 radical (unpaired) electrons. The SMILES string of the molecule is C=C(CO[Si](C)(C)C(C)(C)C)C(CC(=O)OC(C)(C)C)S(=O)(=O)c1ccccc1. The molecule has 0 aliphatic heterocycles. The standard InChI is InChI=1S/C22H36O5SSi/c1-17(16-26-29(8,9)22(5,6)7)19(15-20(23)27-21(2,3)4)28(24,25)18-13-11-10-12-14-18/h10-14,19H,1,15-16H2,2-9H3. The lowest BCUT2D eigenvalue weighted by Gasteiger charge is -2.37. The molecule has 0 saturated heterocycles. The van der Waals surface area contributed by atoms with Crippen molar-refractivity contribution in [1.29, 1.82) is 0 Å². The zero-order chi connectivity index (χ0) is 22.7. The maximum atomic E-state index is 13.3. The van der Waals surface area contributed by atoms with Crippen molar-refractivity contribution in [3.8, 4) is 0 Å². The Labute approximate surface area is 177 Å². The highest BCUT2D eigenvalue weighted by Gasteiger charge is 2.39. The van der Waals surface area contributed by atoms with Crippen LogP contribution in [0.2, 0.25) is 18.1 Å². The van der Waals surface area contributed by atoms with E-state index in [-0.39, 0.29) is 23.0 Å². The molecule has 0 N–H and O–H groups in total. The Morgan fingerprint density at radius 3 is 2.03 bits per heavy atom. The fourth-order valence-electron chi connectivity index (χ4n) is 2.37. The van der Waals surface area contributed by atoms with E-state index < -0.39 is 35.0 Å². The van der Waals surface area contributed by atoms with Gasteiger partial charge in [0, 0.05) is 0 Å². The van der Waals surface area contributed by atoms with Crippen molar-refractivity contribution in [3.05, 3.63) is 42.5 Å². The van der Waals surface area contributed by atoms with E-state index in [1.807, 2.05) is 0 Å². The van der Waals surface area contributed by atoms with Gasteiger partial charge in [-0.2, -0.15) is 0 Å². The lowest BCUT2D eigenvalue weighted by Crippen LogP contribution is -2.42. The van der Waals surface area contributed by atoms with E-state index in [4.69, 9.17) is 9.16 Å². The third-order valence-electron chi connectivity index (χ3n) is 5.10. The fourth-order valence-corrected chi connectivity index (χ4v) is 5.07. The minimum absolute atomic E-state index is 0.0216. The summed E-state index contributed by atoms with van der Waals surface area (Å²) >= 11 is 0. The van der Waals surface area contributed by atoms with Crippen LogP contribution >= 0.6 is 0 Å². The molecule has 0 bridgehead atoms. The highest BCUT2D eigenvalue weighted by molar-refractivity contribution is 7.92. The predicted octanol–water partition coefficient (Wildman–Crippen LogP) is 5.14. The van der Waals surface area contributed by atoms with Gasteiger partial charge in [0.25, 0.3) is 0 Å². The van der Waals surface area contributed by atoms with Gasteiger partial charge in [0.15, 0.2) is 18.2 Å². The molecule has 0 amide bonds. The average Bonchev–Trinajstić information content (AvgIpc) is 2.55. The Morgan fingerprint density at radius 1 is 1.07 bits per heavy atom. The van der Waals surface area contributed by atoms with Crippen LogP contribution in [0.4, 0.5) is 0 Å². The largest absolute Gasteiger partial charge is 0.460 e. The molecule has 0 spiro atoms.